The molecular formula is C18H22NS+. The van der Waals surface area contributed by atoms with Crippen molar-refractivity contribution in [2.24, 2.45) is 0 Å². The van der Waals surface area contributed by atoms with Crippen LogP contribution in [-0.2, 0) is 0 Å². The van der Waals surface area contributed by atoms with E-state index in [-0.39, 0.29) is 0 Å². The lowest BCUT2D eigenvalue weighted by molar-refractivity contribution is -0.907. The predicted molar refractivity (Wildman–Crippen MR) is 87.6 cm³/mol. The minimum atomic E-state index is 0.422. The van der Waals surface area contributed by atoms with Gasteiger partial charge in [0, 0.05) is 5.56 Å². The van der Waals surface area contributed by atoms with Crippen molar-refractivity contribution in [3.8, 4) is 0 Å². The van der Waals surface area contributed by atoms with Crippen LogP contribution in [0.3, 0.4) is 0 Å². The number of hydrogen-bond acceptors (Lipinski definition) is 1. The number of thiophene rings is 1. The van der Waals surface area contributed by atoms with Crippen LogP contribution in [0.15, 0.2) is 48.0 Å². The Morgan fingerprint density at radius 1 is 1.20 bits per heavy atom. The number of quaternary nitrogens is 1. The van der Waals surface area contributed by atoms with Gasteiger partial charge in [0.15, 0.2) is 6.04 Å². The lowest BCUT2D eigenvalue weighted by Gasteiger charge is -2.45. The van der Waals surface area contributed by atoms with Gasteiger partial charge in [0.25, 0.3) is 0 Å². The summed E-state index contributed by atoms with van der Waals surface area (Å²) in [7, 11) is 2.37. The second-order valence-corrected chi connectivity index (χ2v) is 6.82. The number of nitrogens with zero attached hydrogens (tertiary/aromatic N) is 1. The highest BCUT2D eigenvalue weighted by molar-refractivity contribution is 7.10. The van der Waals surface area contributed by atoms with Crippen LogP contribution >= 0.6 is 11.3 Å². The molecular weight excluding hydrogens is 262 g/mol. The molecule has 0 bridgehead atoms. The minimum absolute atomic E-state index is 0.422. The average Bonchev–Trinajstić information content (AvgIpc) is 3.00. The summed E-state index contributed by atoms with van der Waals surface area (Å²) in [4.78, 5) is 1.46. The molecule has 1 aliphatic heterocycles. The van der Waals surface area contributed by atoms with Crippen LogP contribution in [-0.4, -0.2) is 17.6 Å². The number of fused-ring (bicyclic) bond motifs is 1. The largest absolute Gasteiger partial charge is 0.287 e. The molecule has 2 heteroatoms. The van der Waals surface area contributed by atoms with E-state index < -0.39 is 0 Å². The summed E-state index contributed by atoms with van der Waals surface area (Å²) < 4.78 is 0.966. The van der Waals surface area contributed by atoms with E-state index >= 15 is 0 Å². The van der Waals surface area contributed by atoms with Gasteiger partial charge in [-0.25, -0.2) is 0 Å². The van der Waals surface area contributed by atoms with E-state index in [1.165, 1.54) is 22.4 Å². The molecule has 1 aromatic heterocycles. The Bertz CT molecular complexity index is 614. The molecule has 0 fully saturated rings. The molecule has 0 saturated heterocycles. The highest BCUT2D eigenvalue weighted by Crippen LogP contribution is 2.43. The standard InChI is InChI=1S/C18H22NS/c1-4-14(2)19(3)12-11-15-8-5-6-9-16(15)18(19)17-10-7-13-20-17/h5-14,18H,4H2,1-3H3/q+1. The lowest BCUT2D eigenvalue weighted by Crippen LogP contribution is -2.50. The van der Waals surface area contributed by atoms with Crippen molar-refractivity contribution in [2.45, 2.75) is 32.4 Å². The minimum Gasteiger partial charge on any atom is -0.287 e. The molecule has 2 heterocycles. The molecule has 0 radical (unpaired) electrons. The van der Waals surface area contributed by atoms with Crippen molar-refractivity contribution < 1.29 is 4.48 Å². The van der Waals surface area contributed by atoms with Crippen molar-refractivity contribution in [2.75, 3.05) is 7.05 Å². The summed E-state index contributed by atoms with van der Waals surface area (Å²) >= 11 is 1.87. The van der Waals surface area contributed by atoms with Gasteiger partial charge in [-0.1, -0.05) is 37.3 Å². The Morgan fingerprint density at radius 3 is 2.70 bits per heavy atom. The highest BCUT2D eigenvalue weighted by atomic mass is 32.1. The Balaban J connectivity index is 2.18. The molecule has 3 rings (SSSR count). The summed E-state index contributed by atoms with van der Waals surface area (Å²) in [5.74, 6) is 0. The van der Waals surface area contributed by atoms with Crippen LogP contribution in [0.25, 0.3) is 6.08 Å². The van der Waals surface area contributed by atoms with Crippen molar-refractivity contribution in [1.82, 2.24) is 0 Å². The monoisotopic (exact) mass is 284 g/mol. The fourth-order valence-corrected chi connectivity index (χ4v) is 4.16. The zero-order valence-corrected chi connectivity index (χ0v) is 13.2. The van der Waals surface area contributed by atoms with Gasteiger partial charge in [0.2, 0.25) is 0 Å². The summed E-state index contributed by atoms with van der Waals surface area (Å²) in [6.45, 7) is 4.65. The van der Waals surface area contributed by atoms with Crippen LogP contribution in [0.1, 0.15) is 42.3 Å². The van der Waals surface area contributed by atoms with Gasteiger partial charge in [-0.15, -0.1) is 11.3 Å². The van der Waals surface area contributed by atoms with Gasteiger partial charge < -0.3 is 0 Å². The zero-order valence-electron chi connectivity index (χ0n) is 12.4. The molecule has 104 valence electrons. The van der Waals surface area contributed by atoms with Gasteiger partial charge in [0.1, 0.15) is 0 Å². The van der Waals surface area contributed by atoms with Crippen LogP contribution in [0.2, 0.25) is 0 Å². The fourth-order valence-electron chi connectivity index (χ4n) is 3.21. The number of rotatable bonds is 3. The Morgan fingerprint density at radius 2 is 2.00 bits per heavy atom. The molecule has 0 saturated carbocycles. The summed E-state index contributed by atoms with van der Waals surface area (Å²) in [5, 5.41) is 2.19. The number of hydrogen-bond donors (Lipinski definition) is 0. The Labute approximate surface area is 125 Å². The second-order valence-electron chi connectivity index (χ2n) is 5.84. The second kappa shape index (κ2) is 5.19. The van der Waals surface area contributed by atoms with Gasteiger partial charge in [-0.3, -0.25) is 4.48 Å². The van der Waals surface area contributed by atoms with Gasteiger partial charge in [-0.05, 0) is 36.4 Å². The topological polar surface area (TPSA) is 0 Å². The first kappa shape index (κ1) is 13.6. The first-order valence-electron chi connectivity index (χ1n) is 7.34. The molecule has 0 amide bonds. The Kier molecular flexibility index (Phi) is 3.53. The van der Waals surface area contributed by atoms with E-state index in [0.29, 0.717) is 12.1 Å². The first-order valence-corrected chi connectivity index (χ1v) is 8.22. The van der Waals surface area contributed by atoms with Crippen LogP contribution in [0, 0.1) is 0 Å². The summed E-state index contributed by atoms with van der Waals surface area (Å²) in [6, 6.07) is 14.3. The molecule has 0 aliphatic carbocycles. The van der Waals surface area contributed by atoms with E-state index in [9.17, 15) is 0 Å². The third-order valence-corrected chi connectivity index (χ3v) is 5.70. The van der Waals surface area contributed by atoms with Crippen LogP contribution in [0.5, 0.6) is 0 Å². The quantitative estimate of drug-likeness (QED) is 0.691. The summed E-state index contributed by atoms with van der Waals surface area (Å²) in [5.41, 5.74) is 2.82. The molecule has 3 unspecified atom stereocenters. The maximum absolute atomic E-state index is 2.39. The average molecular weight is 284 g/mol. The first-order chi connectivity index (χ1) is 9.66. The molecule has 0 spiro atoms. The van der Waals surface area contributed by atoms with Crippen molar-refractivity contribution in [3.63, 3.8) is 0 Å². The van der Waals surface area contributed by atoms with Crippen molar-refractivity contribution in [1.29, 1.82) is 0 Å². The Hall–Kier alpha value is -1.38. The maximum Gasteiger partial charge on any atom is 0.154 e. The van der Waals surface area contributed by atoms with Gasteiger partial charge >= 0.3 is 0 Å². The van der Waals surface area contributed by atoms with Crippen LogP contribution < -0.4 is 0 Å². The molecule has 3 atom stereocenters. The van der Waals surface area contributed by atoms with Crippen molar-refractivity contribution >= 4 is 17.4 Å². The molecule has 1 nitrogen and oxygen atoms in total. The predicted octanol–water partition coefficient (Wildman–Crippen LogP) is 5.07. The lowest BCUT2D eigenvalue weighted by atomic mass is 9.91. The molecule has 20 heavy (non-hydrogen) atoms. The highest BCUT2D eigenvalue weighted by Gasteiger charge is 2.41. The van der Waals surface area contributed by atoms with Gasteiger partial charge in [-0.2, -0.15) is 0 Å². The molecule has 1 aliphatic rings. The third-order valence-electron chi connectivity index (χ3n) is 4.78. The maximum atomic E-state index is 2.39. The molecule has 1 aromatic carbocycles. The van der Waals surface area contributed by atoms with E-state index in [1.54, 1.807) is 0 Å². The normalized spacial score (nSPS) is 26.2. The smallest absolute Gasteiger partial charge is 0.154 e. The number of benzene rings is 1. The van der Waals surface area contributed by atoms with E-state index in [1.807, 2.05) is 11.3 Å². The van der Waals surface area contributed by atoms with Gasteiger partial charge in [0.05, 0.1) is 24.2 Å². The SMILES string of the molecule is CCC(C)[N+]1(C)C=Cc2ccccc2C1c1cccs1. The fraction of sp³-hybridized carbons (Fsp3) is 0.333. The van der Waals surface area contributed by atoms with Crippen molar-refractivity contribution in [3.05, 3.63) is 64.0 Å². The zero-order chi connectivity index (χ0) is 14.2. The van der Waals surface area contributed by atoms with Crippen LogP contribution in [0.4, 0.5) is 0 Å². The molecule has 0 N–H and O–H groups in total. The summed E-state index contributed by atoms with van der Waals surface area (Å²) in [6.07, 6.45) is 5.87. The van der Waals surface area contributed by atoms with E-state index in [4.69, 9.17) is 0 Å². The third kappa shape index (κ3) is 2.04. The van der Waals surface area contributed by atoms with E-state index in [0.717, 1.165) is 4.48 Å². The molecule has 2 aromatic rings. The van der Waals surface area contributed by atoms with E-state index in [2.05, 4.69) is 74.9 Å².